The average molecular weight is 253 g/mol. The lowest BCUT2D eigenvalue weighted by atomic mass is 9.84. The molecular weight excluding hydrogens is 234 g/mol. The highest BCUT2D eigenvalue weighted by Gasteiger charge is 2.29. The molecule has 0 radical (unpaired) electrons. The average Bonchev–Trinajstić information content (AvgIpc) is 2.74. The molecule has 0 aliphatic heterocycles. The molecule has 3 nitrogen and oxygen atoms in total. The maximum atomic E-state index is 12.2. The third-order valence-electron chi connectivity index (χ3n) is 3.28. The molecule has 1 amide bonds. The lowest BCUT2D eigenvalue weighted by molar-refractivity contribution is -0.139. The van der Waals surface area contributed by atoms with Crippen molar-refractivity contribution in [3.05, 3.63) is 22.4 Å². The highest BCUT2D eigenvalue weighted by Crippen LogP contribution is 2.28. The summed E-state index contributed by atoms with van der Waals surface area (Å²) in [5, 5.41) is 4.16. The predicted octanol–water partition coefficient (Wildman–Crippen LogP) is 2.52. The fourth-order valence-electron chi connectivity index (χ4n) is 1.99. The van der Waals surface area contributed by atoms with Crippen LogP contribution in [0.25, 0.3) is 0 Å². The first-order valence-corrected chi connectivity index (χ1v) is 7.04. The lowest BCUT2D eigenvalue weighted by Crippen LogP contribution is -2.40. The van der Waals surface area contributed by atoms with Crippen LogP contribution in [0.2, 0.25) is 0 Å². The second-order valence-corrected chi connectivity index (χ2v) is 5.29. The van der Waals surface area contributed by atoms with Gasteiger partial charge >= 0.3 is 0 Å². The van der Waals surface area contributed by atoms with E-state index in [2.05, 4.69) is 16.8 Å². The number of nitrogens with zero attached hydrogens (tertiary/aromatic N) is 1. The van der Waals surface area contributed by atoms with Crippen LogP contribution in [-0.4, -0.2) is 31.1 Å². The Morgan fingerprint density at radius 1 is 1.59 bits per heavy atom. The van der Waals surface area contributed by atoms with E-state index in [-0.39, 0.29) is 5.92 Å². The quantitative estimate of drug-likeness (QED) is 0.779. The molecule has 1 aromatic heterocycles. The lowest BCUT2D eigenvalue weighted by Gasteiger charge is -2.31. The number of hydrogen-bond acceptors (Lipinski definition) is 3. The second kappa shape index (κ2) is 6.17. The maximum absolute atomic E-state index is 12.2. The minimum absolute atomic E-state index is 0.269. The molecule has 94 valence electrons. The molecule has 1 saturated carbocycles. The van der Waals surface area contributed by atoms with Crippen molar-refractivity contribution in [2.45, 2.75) is 25.8 Å². The fourth-order valence-corrected chi connectivity index (χ4v) is 2.64. The molecule has 0 bridgehead atoms. The third-order valence-corrected chi connectivity index (χ3v) is 4.02. The Morgan fingerprint density at radius 3 is 2.94 bits per heavy atom. The summed E-state index contributed by atoms with van der Waals surface area (Å²) in [5.41, 5.74) is 1.22. The molecule has 2 rings (SSSR count). The van der Waals surface area contributed by atoms with E-state index in [9.17, 15) is 4.79 Å². The van der Waals surface area contributed by atoms with Crippen LogP contribution in [0.3, 0.4) is 0 Å². The standard InChI is InChI=1S/C13H19NO2S/c1-16-7-6-14(9-11-5-8-17-10-11)13(15)12-3-2-4-12/h5,8,10,12H,2-4,6-7,9H2,1H3. The van der Waals surface area contributed by atoms with Gasteiger partial charge in [0.05, 0.1) is 6.61 Å². The highest BCUT2D eigenvalue weighted by molar-refractivity contribution is 7.07. The molecule has 1 aliphatic carbocycles. The Morgan fingerprint density at radius 2 is 2.41 bits per heavy atom. The minimum Gasteiger partial charge on any atom is -0.383 e. The molecule has 4 heteroatoms. The predicted molar refractivity (Wildman–Crippen MR) is 69.0 cm³/mol. The van der Waals surface area contributed by atoms with Gasteiger partial charge in [0, 0.05) is 26.1 Å². The summed E-state index contributed by atoms with van der Waals surface area (Å²) in [7, 11) is 1.68. The number of hydrogen-bond donors (Lipinski definition) is 0. The maximum Gasteiger partial charge on any atom is 0.226 e. The van der Waals surface area contributed by atoms with Crippen LogP contribution < -0.4 is 0 Å². The van der Waals surface area contributed by atoms with E-state index in [4.69, 9.17) is 4.74 Å². The van der Waals surface area contributed by atoms with Crippen molar-refractivity contribution in [3.8, 4) is 0 Å². The Kier molecular flexibility index (Phi) is 4.57. The molecule has 0 spiro atoms. The summed E-state index contributed by atoms with van der Waals surface area (Å²) >= 11 is 1.68. The third kappa shape index (κ3) is 3.30. The first-order chi connectivity index (χ1) is 8.31. The second-order valence-electron chi connectivity index (χ2n) is 4.51. The minimum atomic E-state index is 0.269. The van der Waals surface area contributed by atoms with E-state index >= 15 is 0 Å². The van der Waals surface area contributed by atoms with Crippen LogP contribution in [-0.2, 0) is 16.1 Å². The number of rotatable bonds is 6. The van der Waals surface area contributed by atoms with E-state index in [0.717, 1.165) is 19.4 Å². The summed E-state index contributed by atoms with van der Waals surface area (Å²) in [6.45, 7) is 2.03. The molecule has 0 atom stereocenters. The van der Waals surface area contributed by atoms with E-state index in [1.165, 1.54) is 12.0 Å². The van der Waals surface area contributed by atoms with Crippen LogP contribution in [0.15, 0.2) is 16.8 Å². The van der Waals surface area contributed by atoms with Gasteiger partial charge in [0.2, 0.25) is 5.91 Å². The van der Waals surface area contributed by atoms with Gasteiger partial charge in [0.1, 0.15) is 0 Å². The van der Waals surface area contributed by atoms with Crippen LogP contribution >= 0.6 is 11.3 Å². The number of thiophene rings is 1. The molecule has 0 N–H and O–H groups in total. The Bertz CT molecular complexity index is 346. The topological polar surface area (TPSA) is 29.5 Å². The van der Waals surface area contributed by atoms with E-state index in [0.29, 0.717) is 19.1 Å². The normalized spacial score (nSPS) is 15.6. The SMILES string of the molecule is COCCN(Cc1ccsc1)C(=O)C1CCC1. The van der Waals surface area contributed by atoms with Crippen molar-refractivity contribution in [1.82, 2.24) is 4.90 Å². The van der Waals surface area contributed by atoms with Crippen LogP contribution in [0.4, 0.5) is 0 Å². The largest absolute Gasteiger partial charge is 0.383 e. The summed E-state index contributed by atoms with van der Waals surface area (Å²) < 4.78 is 5.08. The van der Waals surface area contributed by atoms with Gasteiger partial charge in [-0.05, 0) is 35.2 Å². The molecule has 0 unspecified atom stereocenters. The molecule has 1 heterocycles. The molecule has 1 aliphatic rings. The smallest absolute Gasteiger partial charge is 0.226 e. The van der Waals surface area contributed by atoms with E-state index in [1.54, 1.807) is 18.4 Å². The highest BCUT2D eigenvalue weighted by atomic mass is 32.1. The number of carbonyl (C=O) groups excluding carboxylic acids is 1. The van der Waals surface area contributed by atoms with Gasteiger partial charge < -0.3 is 9.64 Å². The van der Waals surface area contributed by atoms with Gasteiger partial charge in [-0.1, -0.05) is 6.42 Å². The van der Waals surface area contributed by atoms with Crippen molar-refractivity contribution in [3.63, 3.8) is 0 Å². The van der Waals surface area contributed by atoms with Crippen LogP contribution in [0.5, 0.6) is 0 Å². The number of amides is 1. The summed E-state index contributed by atoms with van der Waals surface area (Å²) in [6, 6.07) is 2.08. The summed E-state index contributed by atoms with van der Waals surface area (Å²) in [6.07, 6.45) is 3.32. The number of ether oxygens (including phenoxy) is 1. The molecule has 0 aromatic carbocycles. The van der Waals surface area contributed by atoms with Crippen LogP contribution in [0.1, 0.15) is 24.8 Å². The Balaban J connectivity index is 1.94. The number of carbonyl (C=O) groups is 1. The fraction of sp³-hybridized carbons (Fsp3) is 0.615. The van der Waals surface area contributed by atoms with Crippen molar-refractivity contribution >= 4 is 17.2 Å². The zero-order valence-electron chi connectivity index (χ0n) is 10.2. The summed E-state index contributed by atoms with van der Waals surface area (Å²) in [4.78, 5) is 14.2. The molecular formula is C13H19NO2S. The Hall–Kier alpha value is -0.870. The first-order valence-electron chi connectivity index (χ1n) is 6.10. The van der Waals surface area contributed by atoms with E-state index < -0.39 is 0 Å². The van der Waals surface area contributed by atoms with Gasteiger partial charge in [-0.3, -0.25) is 4.79 Å². The number of methoxy groups -OCH3 is 1. The van der Waals surface area contributed by atoms with Gasteiger partial charge in [0.25, 0.3) is 0 Å². The first kappa shape index (κ1) is 12.6. The molecule has 17 heavy (non-hydrogen) atoms. The van der Waals surface area contributed by atoms with Crippen molar-refractivity contribution < 1.29 is 9.53 Å². The van der Waals surface area contributed by atoms with Crippen molar-refractivity contribution in [2.75, 3.05) is 20.3 Å². The van der Waals surface area contributed by atoms with Gasteiger partial charge in [-0.25, -0.2) is 0 Å². The van der Waals surface area contributed by atoms with Crippen molar-refractivity contribution in [2.24, 2.45) is 5.92 Å². The molecule has 1 aromatic rings. The zero-order chi connectivity index (χ0) is 12.1. The Labute approximate surface area is 106 Å². The monoisotopic (exact) mass is 253 g/mol. The van der Waals surface area contributed by atoms with E-state index in [1.807, 2.05) is 4.90 Å². The molecule has 1 fully saturated rings. The van der Waals surface area contributed by atoms with Gasteiger partial charge in [-0.2, -0.15) is 11.3 Å². The van der Waals surface area contributed by atoms with Gasteiger partial charge in [-0.15, -0.1) is 0 Å². The van der Waals surface area contributed by atoms with Crippen molar-refractivity contribution in [1.29, 1.82) is 0 Å². The van der Waals surface area contributed by atoms with Crippen LogP contribution in [0, 0.1) is 5.92 Å². The van der Waals surface area contributed by atoms with Gasteiger partial charge in [0.15, 0.2) is 0 Å². The summed E-state index contributed by atoms with van der Waals surface area (Å²) in [5.74, 6) is 0.574. The zero-order valence-corrected chi connectivity index (χ0v) is 11.0. The molecule has 0 saturated heterocycles.